The van der Waals surface area contributed by atoms with Crippen molar-refractivity contribution in [1.29, 1.82) is 5.26 Å². The van der Waals surface area contributed by atoms with Crippen LogP contribution in [0.15, 0.2) is 53.4 Å². The van der Waals surface area contributed by atoms with Gasteiger partial charge in [-0.25, -0.2) is 8.42 Å². The molecule has 0 aromatic heterocycles. The number of hydrazine groups is 1. The van der Waals surface area contributed by atoms with Crippen molar-refractivity contribution in [2.24, 2.45) is 5.41 Å². The molecule has 1 saturated carbocycles. The summed E-state index contributed by atoms with van der Waals surface area (Å²) in [5.41, 5.74) is 3.78. The first-order valence-electron chi connectivity index (χ1n) is 9.59. The van der Waals surface area contributed by atoms with E-state index in [1.807, 2.05) is 6.07 Å². The monoisotopic (exact) mass is 442 g/mol. The molecule has 0 bridgehead atoms. The number of hydrogen-bond acceptors (Lipinski definition) is 6. The SMILES string of the molecule is COc1ccc(NS(=O)(=O)c2cccc(C(=O)NNC(=O)C3(C#N)CCCC3)c2)cc1. The van der Waals surface area contributed by atoms with E-state index in [2.05, 4.69) is 15.6 Å². The van der Waals surface area contributed by atoms with Crippen LogP contribution in [-0.2, 0) is 14.8 Å². The Labute approximate surface area is 180 Å². The topological polar surface area (TPSA) is 137 Å². The minimum atomic E-state index is -3.95. The van der Waals surface area contributed by atoms with Crippen molar-refractivity contribution in [2.45, 2.75) is 30.6 Å². The largest absolute Gasteiger partial charge is 0.497 e. The Balaban J connectivity index is 1.69. The van der Waals surface area contributed by atoms with Crippen LogP contribution in [0.25, 0.3) is 0 Å². The van der Waals surface area contributed by atoms with Crippen LogP contribution in [0.3, 0.4) is 0 Å². The summed E-state index contributed by atoms with van der Waals surface area (Å²) in [5, 5.41) is 9.34. The standard InChI is InChI=1S/C21H22N4O5S/c1-30-17-9-7-16(8-10-17)25-31(28,29)18-6-4-5-15(13-18)19(26)23-24-20(27)21(14-22)11-2-3-12-21/h4-10,13,25H,2-3,11-12H2,1H3,(H,23,26)(H,24,27). The number of amides is 2. The molecule has 162 valence electrons. The van der Waals surface area contributed by atoms with Crippen LogP contribution in [0.2, 0.25) is 0 Å². The molecule has 2 amide bonds. The number of nitrogens with zero attached hydrogens (tertiary/aromatic N) is 1. The lowest BCUT2D eigenvalue weighted by molar-refractivity contribution is -0.128. The molecule has 0 radical (unpaired) electrons. The number of carbonyl (C=O) groups is 2. The van der Waals surface area contributed by atoms with Gasteiger partial charge in [-0.1, -0.05) is 18.9 Å². The minimum absolute atomic E-state index is 0.0373. The van der Waals surface area contributed by atoms with E-state index in [4.69, 9.17) is 4.74 Å². The Kier molecular flexibility index (Phi) is 6.46. The summed E-state index contributed by atoms with van der Waals surface area (Å²) in [5.74, 6) is -0.675. The smallest absolute Gasteiger partial charge is 0.269 e. The molecule has 1 aliphatic rings. The molecule has 1 aliphatic carbocycles. The molecule has 0 aliphatic heterocycles. The predicted molar refractivity (Wildman–Crippen MR) is 112 cm³/mol. The van der Waals surface area contributed by atoms with Crippen molar-refractivity contribution in [2.75, 3.05) is 11.8 Å². The van der Waals surface area contributed by atoms with Crippen LogP contribution in [-0.4, -0.2) is 27.3 Å². The quantitative estimate of drug-likeness (QED) is 0.587. The molecule has 31 heavy (non-hydrogen) atoms. The number of sulfonamides is 1. The molecular formula is C21H22N4O5S. The maximum absolute atomic E-state index is 12.7. The Bertz CT molecular complexity index is 1120. The Hall–Kier alpha value is -3.58. The van der Waals surface area contributed by atoms with E-state index in [0.717, 1.165) is 12.8 Å². The molecule has 0 atom stereocenters. The van der Waals surface area contributed by atoms with Crippen molar-refractivity contribution in [1.82, 2.24) is 10.9 Å². The van der Waals surface area contributed by atoms with Gasteiger partial charge in [0.1, 0.15) is 11.2 Å². The number of rotatable bonds is 6. The molecule has 1 fully saturated rings. The van der Waals surface area contributed by atoms with Crippen LogP contribution in [0.4, 0.5) is 5.69 Å². The fourth-order valence-electron chi connectivity index (χ4n) is 3.35. The van der Waals surface area contributed by atoms with Crippen molar-refractivity contribution < 1.29 is 22.7 Å². The van der Waals surface area contributed by atoms with Gasteiger partial charge in [0, 0.05) is 11.3 Å². The van der Waals surface area contributed by atoms with E-state index < -0.39 is 27.3 Å². The van der Waals surface area contributed by atoms with Gasteiger partial charge < -0.3 is 4.74 Å². The van der Waals surface area contributed by atoms with Crippen molar-refractivity contribution in [3.8, 4) is 11.8 Å². The minimum Gasteiger partial charge on any atom is -0.497 e. The van der Waals surface area contributed by atoms with Crippen LogP contribution in [0.5, 0.6) is 5.75 Å². The van der Waals surface area contributed by atoms with E-state index in [-0.39, 0.29) is 10.5 Å². The number of anilines is 1. The second-order valence-electron chi connectivity index (χ2n) is 7.17. The molecule has 0 unspecified atom stereocenters. The third kappa shape index (κ3) is 4.95. The van der Waals surface area contributed by atoms with Gasteiger partial charge in [0.05, 0.1) is 18.1 Å². The average molecular weight is 442 g/mol. The van der Waals surface area contributed by atoms with Gasteiger partial charge in [0.15, 0.2) is 0 Å². The molecule has 9 nitrogen and oxygen atoms in total. The zero-order valence-corrected chi connectivity index (χ0v) is 17.7. The number of carbonyl (C=O) groups excluding carboxylic acids is 2. The van der Waals surface area contributed by atoms with E-state index >= 15 is 0 Å². The zero-order chi connectivity index (χ0) is 22.5. The third-order valence-corrected chi connectivity index (χ3v) is 6.52. The predicted octanol–water partition coefficient (Wildman–Crippen LogP) is 2.34. The Morgan fingerprint density at radius 2 is 1.74 bits per heavy atom. The summed E-state index contributed by atoms with van der Waals surface area (Å²) in [6.45, 7) is 0. The fourth-order valence-corrected chi connectivity index (χ4v) is 4.46. The second kappa shape index (κ2) is 9.06. The van der Waals surface area contributed by atoms with Crippen LogP contribution in [0, 0.1) is 16.7 Å². The van der Waals surface area contributed by atoms with Gasteiger partial charge in [0.25, 0.3) is 21.8 Å². The van der Waals surface area contributed by atoms with E-state index in [9.17, 15) is 23.3 Å². The van der Waals surface area contributed by atoms with Gasteiger partial charge in [0.2, 0.25) is 0 Å². The summed E-state index contributed by atoms with van der Waals surface area (Å²) >= 11 is 0. The highest BCUT2D eigenvalue weighted by atomic mass is 32.2. The maximum atomic E-state index is 12.7. The lowest BCUT2D eigenvalue weighted by Gasteiger charge is -2.19. The molecule has 2 aromatic rings. The maximum Gasteiger partial charge on any atom is 0.269 e. The molecule has 2 aromatic carbocycles. The molecule has 0 heterocycles. The number of methoxy groups -OCH3 is 1. The van der Waals surface area contributed by atoms with Gasteiger partial charge in [-0.2, -0.15) is 5.26 Å². The highest BCUT2D eigenvalue weighted by Gasteiger charge is 2.41. The Morgan fingerprint density at radius 1 is 1.06 bits per heavy atom. The first-order valence-corrected chi connectivity index (χ1v) is 11.1. The van der Waals surface area contributed by atoms with E-state index in [0.29, 0.717) is 24.3 Å². The summed E-state index contributed by atoms with van der Waals surface area (Å²) in [6.07, 6.45) is 2.43. The lowest BCUT2D eigenvalue weighted by Crippen LogP contribution is -2.48. The first kappa shape index (κ1) is 22.1. The van der Waals surface area contributed by atoms with Gasteiger partial charge in [-0.15, -0.1) is 0 Å². The average Bonchev–Trinajstić information content (AvgIpc) is 3.28. The van der Waals surface area contributed by atoms with Gasteiger partial charge in [-0.3, -0.25) is 25.2 Å². The number of nitrogens with one attached hydrogen (secondary N) is 3. The van der Waals surface area contributed by atoms with Crippen molar-refractivity contribution in [3.63, 3.8) is 0 Å². The van der Waals surface area contributed by atoms with Crippen LogP contribution < -0.4 is 20.3 Å². The second-order valence-corrected chi connectivity index (χ2v) is 8.85. The molecule has 0 saturated heterocycles. The first-order chi connectivity index (χ1) is 14.8. The summed E-state index contributed by atoms with van der Waals surface area (Å²) in [7, 11) is -2.44. The molecule has 10 heteroatoms. The van der Waals surface area contributed by atoms with Gasteiger partial charge >= 0.3 is 0 Å². The Morgan fingerprint density at radius 3 is 2.35 bits per heavy atom. The highest BCUT2D eigenvalue weighted by molar-refractivity contribution is 7.92. The highest BCUT2D eigenvalue weighted by Crippen LogP contribution is 2.37. The molecular weight excluding hydrogens is 420 g/mol. The lowest BCUT2D eigenvalue weighted by atomic mass is 9.87. The number of ether oxygens (including phenoxy) is 1. The summed E-state index contributed by atoms with van der Waals surface area (Å²) in [6, 6.07) is 13.8. The molecule has 0 spiro atoms. The van der Waals surface area contributed by atoms with E-state index in [1.165, 1.54) is 31.4 Å². The summed E-state index contributed by atoms with van der Waals surface area (Å²) in [4.78, 5) is 24.7. The van der Waals surface area contributed by atoms with Crippen molar-refractivity contribution in [3.05, 3.63) is 54.1 Å². The number of hydrogen-bond donors (Lipinski definition) is 3. The van der Waals surface area contributed by atoms with Crippen molar-refractivity contribution >= 4 is 27.5 Å². The number of benzene rings is 2. The van der Waals surface area contributed by atoms with Gasteiger partial charge in [-0.05, 0) is 55.3 Å². The van der Waals surface area contributed by atoms with E-state index in [1.54, 1.807) is 24.3 Å². The molecule has 3 rings (SSSR count). The fraction of sp³-hybridized carbons (Fsp3) is 0.286. The normalized spacial score (nSPS) is 14.8. The summed E-state index contributed by atoms with van der Waals surface area (Å²) < 4.78 is 32.8. The number of nitriles is 1. The van der Waals surface area contributed by atoms with Crippen LogP contribution in [0.1, 0.15) is 36.0 Å². The molecule has 3 N–H and O–H groups in total. The van der Waals surface area contributed by atoms with Crippen LogP contribution >= 0.6 is 0 Å². The third-order valence-electron chi connectivity index (χ3n) is 5.14. The zero-order valence-electron chi connectivity index (χ0n) is 16.8.